The monoisotopic (exact) mass is 332 g/mol. The van der Waals surface area contributed by atoms with E-state index in [2.05, 4.69) is 15.3 Å². The lowest BCUT2D eigenvalue weighted by molar-refractivity contribution is -0.385. The summed E-state index contributed by atoms with van der Waals surface area (Å²) in [6.45, 7) is 4.06. The van der Waals surface area contributed by atoms with Crippen LogP contribution in [0, 0.1) is 10.1 Å². The largest absolute Gasteiger partial charge is 0.470 e. The van der Waals surface area contributed by atoms with Gasteiger partial charge in [-0.15, -0.1) is 0 Å². The molecule has 0 unspecified atom stereocenters. The highest BCUT2D eigenvalue weighted by atomic mass is 16.7. The number of ether oxygens (including phenoxy) is 3. The SMILES string of the molecule is CC(C)Oc1ncnc(NCc2ccc3c(c2)OCO3)c1[N+](=O)[O-]. The van der Waals surface area contributed by atoms with E-state index in [1.54, 1.807) is 19.9 Å². The van der Waals surface area contributed by atoms with Crippen LogP contribution in [-0.2, 0) is 6.54 Å². The van der Waals surface area contributed by atoms with E-state index in [-0.39, 0.29) is 30.3 Å². The van der Waals surface area contributed by atoms with Gasteiger partial charge >= 0.3 is 5.69 Å². The number of nitrogens with one attached hydrogen (secondary N) is 1. The van der Waals surface area contributed by atoms with E-state index in [0.717, 1.165) is 5.56 Å². The normalized spacial score (nSPS) is 12.3. The molecule has 9 nitrogen and oxygen atoms in total. The summed E-state index contributed by atoms with van der Waals surface area (Å²) in [6, 6.07) is 5.45. The molecule has 0 saturated heterocycles. The van der Waals surface area contributed by atoms with Gasteiger partial charge in [0.25, 0.3) is 5.88 Å². The molecule has 126 valence electrons. The van der Waals surface area contributed by atoms with Gasteiger partial charge in [-0.05, 0) is 31.5 Å². The van der Waals surface area contributed by atoms with Gasteiger partial charge in [0.05, 0.1) is 11.0 Å². The number of hydrogen-bond donors (Lipinski definition) is 1. The maximum Gasteiger partial charge on any atom is 0.372 e. The van der Waals surface area contributed by atoms with Crippen LogP contribution in [0.25, 0.3) is 0 Å². The Morgan fingerprint density at radius 3 is 2.88 bits per heavy atom. The van der Waals surface area contributed by atoms with Crippen molar-refractivity contribution in [2.45, 2.75) is 26.5 Å². The Kier molecular flexibility index (Phi) is 4.32. The second-order valence-electron chi connectivity index (χ2n) is 5.34. The van der Waals surface area contributed by atoms with Gasteiger partial charge in [-0.1, -0.05) is 6.07 Å². The van der Waals surface area contributed by atoms with E-state index in [1.807, 2.05) is 12.1 Å². The van der Waals surface area contributed by atoms with Crippen molar-refractivity contribution in [2.75, 3.05) is 12.1 Å². The van der Waals surface area contributed by atoms with Gasteiger partial charge < -0.3 is 19.5 Å². The fourth-order valence-corrected chi connectivity index (χ4v) is 2.20. The number of benzene rings is 1. The van der Waals surface area contributed by atoms with Crippen LogP contribution < -0.4 is 19.5 Å². The zero-order valence-electron chi connectivity index (χ0n) is 13.2. The first-order valence-corrected chi connectivity index (χ1v) is 7.33. The highest BCUT2D eigenvalue weighted by Crippen LogP contribution is 2.34. The average Bonchev–Trinajstić information content (AvgIpc) is 2.99. The molecule has 1 aliphatic rings. The predicted molar refractivity (Wildman–Crippen MR) is 84.3 cm³/mol. The molecule has 0 bridgehead atoms. The Labute approximate surface area is 137 Å². The van der Waals surface area contributed by atoms with Crippen LogP contribution in [0.15, 0.2) is 24.5 Å². The third-order valence-electron chi connectivity index (χ3n) is 3.22. The summed E-state index contributed by atoms with van der Waals surface area (Å²) in [7, 11) is 0. The number of fused-ring (bicyclic) bond motifs is 1. The molecule has 0 radical (unpaired) electrons. The minimum absolute atomic E-state index is 0.0572. The van der Waals surface area contributed by atoms with Crippen molar-refractivity contribution in [2.24, 2.45) is 0 Å². The smallest absolute Gasteiger partial charge is 0.372 e. The van der Waals surface area contributed by atoms with Crippen molar-refractivity contribution < 1.29 is 19.1 Å². The predicted octanol–water partition coefficient (Wildman–Crippen LogP) is 2.51. The quantitative estimate of drug-likeness (QED) is 0.635. The summed E-state index contributed by atoms with van der Waals surface area (Å²) in [5.41, 5.74) is 0.588. The van der Waals surface area contributed by atoms with Crippen LogP contribution in [0.5, 0.6) is 17.4 Å². The van der Waals surface area contributed by atoms with Crippen molar-refractivity contribution in [1.29, 1.82) is 0 Å². The van der Waals surface area contributed by atoms with Crippen LogP contribution in [0.4, 0.5) is 11.5 Å². The van der Waals surface area contributed by atoms with Crippen molar-refractivity contribution in [3.63, 3.8) is 0 Å². The highest BCUT2D eigenvalue weighted by molar-refractivity contribution is 5.61. The molecule has 0 fully saturated rings. The van der Waals surface area contributed by atoms with E-state index in [1.165, 1.54) is 6.33 Å². The van der Waals surface area contributed by atoms with Gasteiger partial charge in [0.1, 0.15) is 6.33 Å². The molecule has 2 aromatic rings. The number of anilines is 1. The fraction of sp³-hybridized carbons (Fsp3) is 0.333. The zero-order valence-corrected chi connectivity index (χ0v) is 13.2. The summed E-state index contributed by atoms with van der Waals surface area (Å²) >= 11 is 0. The van der Waals surface area contributed by atoms with Crippen LogP contribution >= 0.6 is 0 Å². The maximum atomic E-state index is 11.4. The molecule has 0 saturated carbocycles. The average molecular weight is 332 g/mol. The van der Waals surface area contributed by atoms with Crippen molar-refractivity contribution in [3.05, 3.63) is 40.2 Å². The molecule has 0 amide bonds. The van der Waals surface area contributed by atoms with Gasteiger partial charge in [-0.2, -0.15) is 4.98 Å². The topological polar surface area (TPSA) is 109 Å². The van der Waals surface area contributed by atoms with Crippen molar-refractivity contribution in [1.82, 2.24) is 9.97 Å². The molecule has 1 aliphatic heterocycles. The second-order valence-corrected chi connectivity index (χ2v) is 5.34. The van der Waals surface area contributed by atoms with Gasteiger partial charge in [-0.25, -0.2) is 4.98 Å². The fourth-order valence-electron chi connectivity index (χ4n) is 2.20. The van der Waals surface area contributed by atoms with Crippen molar-refractivity contribution >= 4 is 11.5 Å². The third kappa shape index (κ3) is 3.29. The first kappa shape index (κ1) is 15.8. The number of aromatic nitrogens is 2. The van der Waals surface area contributed by atoms with Crippen molar-refractivity contribution in [3.8, 4) is 17.4 Å². The van der Waals surface area contributed by atoms with Gasteiger partial charge in [0, 0.05) is 6.54 Å². The third-order valence-corrected chi connectivity index (χ3v) is 3.22. The summed E-state index contributed by atoms with van der Waals surface area (Å²) in [5, 5.41) is 14.3. The second kappa shape index (κ2) is 6.57. The Balaban J connectivity index is 1.80. The molecule has 0 atom stereocenters. The van der Waals surface area contributed by atoms with Crippen LogP contribution in [0.3, 0.4) is 0 Å². The van der Waals surface area contributed by atoms with E-state index in [4.69, 9.17) is 14.2 Å². The van der Waals surface area contributed by atoms with Crippen LogP contribution in [0.1, 0.15) is 19.4 Å². The standard InChI is InChI=1S/C15H16N4O5/c1-9(2)24-15-13(19(20)21)14(17-7-18-15)16-6-10-3-4-11-12(5-10)23-8-22-11/h3-5,7,9H,6,8H2,1-2H3,(H,16,17,18). The molecule has 1 aromatic heterocycles. The van der Waals surface area contributed by atoms with Gasteiger partial charge in [0.15, 0.2) is 11.5 Å². The molecule has 0 spiro atoms. The summed E-state index contributed by atoms with van der Waals surface area (Å²) in [5.74, 6) is 1.37. The lowest BCUT2D eigenvalue weighted by Gasteiger charge is -2.11. The van der Waals surface area contributed by atoms with E-state index in [0.29, 0.717) is 18.0 Å². The lowest BCUT2D eigenvalue weighted by atomic mass is 10.2. The summed E-state index contributed by atoms with van der Waals surface area (Å²) in [4.78, 5) is 18.6. The summed E-state index contributed by atoms with van der Waals surface area (Å²) in [6.07, 6.45) is 0.993. The minimum atomic E-state index is -0.556. The first-order chi connectivity index (χ1) is 11.5. The highest BCUT2D eigenvalue weighted by Gasteiger charge is 2.25. The van der Waals surface area contributed by atoms with E-state index < -0.39 is 4.92 Å². The molecule has 9 heteroatoms. The molecule has 1 aromatic carbocycles. The van der Waals surface area contributed by atoms with Gasteiger partial charge in [-0.3, -0.25) is 10.1 Å². The number of nitro groups is 1. The molecule has 0 aliphatic carbocycles. The molecular weight excluding hydrogens is 316 g/mol. The number of hydrogen-bond acceptors (Lipinski definition) is 8. The van der Waals surface area contributed by atoms with Gasteiger partial charge in [0.2, 0.25) is 12.6 Å². The first-order valence-electron chi connectivity index (χ1n) is 7.33. The van der Waals surface area contributed by atoms with Crippen LogP contribution in [-0.4, -0.2) is 27.8 Å². The van der Waals surface area contributed by atoms with E-state index >= 15 is 0 Å². The Bertz CT molecular complexity index is 766. The Morgan fingerprint density at radius 1 is 1.33 bits per heavy atom. The van der Waals surface area contributed by atoms with E-state index in [9.17, 15) is 10.1 Å². The number of rotatable bonds is 6. The Morgan fingerprint density at radius 2 is 2.12 bits per heavy atom. The Hall–Kier alpha value is -3.10. The summed E-state index contributed by atoms with van der Waals surface area (Å²) < 4.78 is 16.0. The molecular formula is C15H16N4O5. The van der Waals surface area contributed by atoms with Crippen LogP contribution in [0.2, 0.25) is 0 Å². The molecule has 2 heterocycles. The lowest BCUT2D eigenvalue weighted by Crippen LogP contribution is -2.12. The number of nitrogens with zero attached hydrogens (tertiary/aromatic N) is 3. The molecule has 24 heavy (non-hydrogen) atoms. The molecule has 1 N–H and O–H groups in total. The molecule has 3 rings (SSSR count). The zero-order chi connectivity index (χ0) is 17.1. The minimum Gasteiger partial charge on any atom is -0.470 e. The maximum absolute atomic E-state index is 11.4.